The van der Waals surface area contributed by atoms with Gasteiger partial charge >= 0.3 is 12.5 Å². The van der Waals surface area contributed by atoms with Crippen molar-refractivity contribution in [2.75, 3.05) is 6.61 Å². The number of hydrogen-bond donors (Lipinski definition) is 0. The van der Waals surface area contributed by atoms with Crippen LogP contribution in [0.1, 0.15) is 23.6 Å². The molecule has 196 valence electrons. The van der Waals surface area contributed by atoms with Crippen molar-refractivity contribution in [2.45, 2.75) is 19.4 Å². The van der Waals surface area contributed by atoms with Gasteiger partial charge in [-0.2, -0.15) is 8.78 Å². The summed E-state index contributed by atoms with van der Waals surface area (Å²) in [6.07, 6.45) is -10.4. The maximum absolute atomic E-state index is 14.5. The monoisotopic (exact) mass is 538 g/mol. The highest BCUT2D eigenvalue weighted by molar-refractivity contribution is 5.46. The van der Waals surface area contributed by atoms with Gasteiger partial charge in [0.25, 0.3) is 0 Å². The second-order valence-electron chi connectivity index (χ2n) is 7.02. The van der Waals surface area contributed by atoms with E-state index in [4.69, 9.17) is 4.74 Å². The zero-order valence-corrected chi connectivity index (χ0v) is 18.3. The number of halogens is 10. The van der Waals surface area contributed by atoms with Gasteiger partial charge < -0.3 is 14.2 Å². The van der Waals surface area contributed by atoms with Crippen LogP contribution < -0.4 is 14.2 Å². The minimum Gasteiger partial charge on any atom is -0.494 e. The summed E-state index contributed by atoms with van der Waals surface area (Å²) < 4.78 is 148. The number of rotatable bonds is 6. The summed E-state index contributed by atoms with van der Waals surface area (Å²) in [6.45, 7) is 1.94. The summed E-state index contributed by atoms with van der Waals surface area (Å²) in [5.74, 6) is -7.41. The highest BCUT2D eigenvalue weighted by Crippen LogP contribution is 2.38. The lowest BCUT2D eigenvalue weighted by Crippen LogP contribution is -2.25. The number of benzene rings is 3. The molecule has 3 nitrogen and oxygen atoms in total. The molecule has 3 aromatic carbocycles. The van der Waals surface area contributed by atoms with E-state index in [0.717, 1.165) is 6.07 Å². The zero-order chi connectivity index (χ0) is 27.5. The van der Waals surface area contributed by atoms with Crippen molar-refractivity contribution in [3.8, 4) is 29.1 Å². The predicted octanol–water partition coefficient (Wildman–Crippen LogP) is 7.21. The average Bonchev–Trinajstić information content (AvgIpc) is 2.74. The molecule has 0 amide bonds. The lowest BCUT2D eigenvalue weighted by atomic mass is 10.1. The van der Waals surface area contributed by atoms with Crippen molar-refractivity contribution in [1.82, 2.24) is 0 Å². The van der Waals surface area contributed by atoms with Gasteiger partial charge in [0.05, 0.1) is 12.2 Å². The van der Waals surface area contributed by atoms with Gasteiger partial charge in [-0.3, -0.25) is 0 Å². The van der Waals surface area contributed by atoms with E-state index in [2.05, 4.69) is 21.3 Å². The Bertz CT molecular complexity index is 1330. The van der Waals surface area contributed by atoms with E-state index in [1.165, 1.54) is 12.1 Å². The molecule has 3 rings (SSSR count). The van der Waals surface area contributed by atoms with Crippen LogP contribution >= 0.6 is 0 Å². The summed E-state index contributed by atoms with van der Waals surface area (Å²) in [7, 11) is 0. The van der Waals surface area contributed by atoms with Crippen molar-refractivity contribution in [3.05, 3.63) is 88.2 Å². The van der Waals surface area contributed by atoms with Crippen molar-refractivity contribution >= 4 is 0 Å². The van der Waals surface area contributed by atoms with Gasteiger partial charge in [-0.05, 0) is 31.2 Å². The molecule has 0 spiro atoms. The Morgan fingerprint density at radius 2 is 1.24 bits per heavy atom. The second-order valence-corrected chi connectivity index (χ2v) is 7.02. The minimum atomic E-state index is -5.50. The highest BCUT2D eigenvalue weighted by Gasteiger charge is 2.42. The summed E-state index contributed by atoms with van der Waals surface area (Å²) in [4.78, 5) is 0. The van der Waals surface area contributed by atoms with Gasteiger partial charge in [0, 0.05) is 23.8 Å². The molecule has 37 heavy (non-hydrogen) atoms. The highest BCUT2D eigenvalue weighted by atomic mass is 19.4. The van der Waals surface area contributed by atoms with Crippen LogP contribution in [0, 0.1) is 40.9 Å². The quantitative estimate of drug-likeness (QED) is 0.245. The Hall–Kier alpha value is -4.08. The van der Waals surface area contributed by atoms with Crippen molar-refractivity contribution < 1.29 is 58.1 Å². The maximum atomic E-state index is 14.5. The lowest BCUT2D eigenvalue weighted by Gasteiger charge is -2.20. The zero-order valence-electron chi connectivity index (χ0n) is 18.3. The number of hydrogen-bond acceptors (Lipinski definition) is 3. The topological polar surface area (TPSA) is 27.7 Å². The van der Waals surface area contributed by atoms with E-state index in [1.807, 2.05) is 0 Å². The van der Waals surface area contributed by atoms with Crippen LogP contribution in [-0.2, 0) is 6.11 Å². The van der Waals surface area contributed by atoms with Crippen LogP contribution in [-0.4, -0.2) is 13.0 Å². The normalized spacial score (nSPS) is 11.5. The minimum absolute atomic E-state index is 0.0981. The Kier molecular flexibility index (Phi) is 7.80. The summed E-state index contributed by atoms with van der Waals surface area (Å²) in [5, 5.41) is 0. The molecule has 0 fully saturated rings. The average molecular weight is 538 g/mol. The molecule has 0 aliphatic rings. The van der Waals surface area contributed by atoms with Gasteiger partial charge in [0.15, 0.2) is 11.6 Å². The van der Waals surface area contributed by atoms with Crippen LogP contribution in [0.4, 0.5) is 43.9 Å². The van der Waals surface area contributed by atoms with E-state index in [1.54, 1.807) is 6.92 Å². The first kappa shape index (κ1) is 27.5. The molecule has 13 heteroatoms. The van der Waals surface area contributed by atoms with Crippen LogP contribution in [0.15, 0.2) is 42.5 Å². The molecule has 0 N–H and O–H groups in total. The molecule has 0 unspecified atom stereocenters. The molecule has 0 aromatic heterocycles. The molecule has 0 radical (unpaired) electrons. The van der Waals surface area contributed by atoms with Crippen LogP contribution in [0.3, 0.4) is 0 Å². The summed E-state index contributed by atoms with van der Waals surface area (Å²) in [6, 6.07) is 4.17. The van der Waals surface area contributed by atoms with Crippen molar-refractivity contribution in [1.29, 1.82) is 0 Å². The number of ether oxygens (including phenoxy) is 3. The maximum Gasteiger partial charge on any atom is 0.573 e. The largest absolute Gasteiger partial charge is 0.573 e. The first-order valence-corrected chi connectivity index (χ1v) is 9.95. The van der Waals surface area contributed by atoms with Gasteiger partial charge in [-0.25, -0.2) is 22.0 Å². The van der Waals surface area contributed by atoms with Crippen molar-refractivity contribution in [2.24, 2.45) is 0 Å². The van der Waals surface area contributed by atoms with Crippen LogP contribution in [0.5, 0.6) is 17.2 Å². The third-order valence-electron chi connectivity index (χ3n) is 4.36. The molecular formula is C24H12F10O3. The standard InChI is InChI=1S/C24H12F10O3/c1-2-35-14-6-5-13(16(25)9-14)4-3-12-7-17(26)21(18(27)8-12)23(30,31)36-15-10-19(28)22(20(29)11-15)37-24(32,33)34/h5-11H,2H2,1H3. The third kappa shape index (κ3) is 6.78. The van der Waals surface area contributed by atoms with Crippen LogP contribution in [0.2, 0.25) is 0 Å². The summed E-state index contributed by atoms with van der Waals surface area (Å²) >= 11 is 0. The molecule has 3 aromatic rings. The van der Waals surface area contributed by atoms with E-state index in [-0.39, 0.29) is 30.1 Å². The first-order valence-electron chi connectivity index (χ1n) is 9.95. The second kappa shape index (κ2) is 10.5. The molecule has 0 saturated carbocycles. The molecule has 0 saturated heterocycles. The Labute approximate surface area is 202 Å². The molecular weight excluding hydrogens is 526 g/mol. The van der Waals surface area contributed by atoms with Gasteiger partial charge in [0.2, 0.25) is 5.75 Å². The van der Waals surface area contributed by atoms with E-state index in [9.17, 15) is 43.9 Å². The SMILES string of the molecule is CCOc1ccc(C#Cc2cc(F)c(C(F)(F)Oc3cc(F)c(OC(F)(F)F)c(F)c3)c(F)c2)c(F)c1. The van der Waals surface area contributed by atoms with E-state index < -0.39 is 64.2 Å². The Morgan fingerprint density at radius 1 is 0.676 bits per heavy atom. The Balaban J connectivity index is 1.88. The van der Waals surface area contributed by atoms with E-state index in [0.29, 0.717) is 12.1 Å². The fourth-order valence-electron chi connectivity index (χ4n) is 2.92. The summed E-state index contributed by atoms with van der Waals surface area (Å²) in [5.41, 5.74) is -2.65. The predicted molar refractivity (Wildman–Crippen MR) is 107 cm³/mol. The first-order chi connectivity index (χ1) is 17.2. The van der Waals surface area contributed by atoms with Gasteiger partial charge in [-0.15, -0.1) is 13.2 Å². The number of alkyl halides is 5. The van der Waals surface area contributed by atoms with Gasteiger partial charge in [-0.1, -0.05) is 11.8 Å². The van der Waals surface area contributed by atoms with Crippen molar-refractivity contribution in [3.63, 3.8) is 0 Å². The fourth-order valence-corrected chi connectivity index (χ4v) is 2.92. The molecule has 0 heterocycles. The fraction of sp³-hybridized carbons (Fsp3) is 0.167. The smallest absolute Gasteiger partial charge is 0.494 e. The third-order valence-corrected chi connectivity index (χ3v) is 4.36. The van der Waals surface area contributed by atoms with E-state index >= 15 is 0 Å². The lowest BCUT2D eigenvalue weighted by molar-refractivity contribution is -0.276. The molecule has 0 atom stereocenters. The van der Waals surface area contributed by atoms with Crippen LogP contribution in [0.25, 0.3) is 0 Å². The Morgan fingerprint density at radius 3 is 1.76 bits per heavy atom. The van der Waals surface area contributed by atoms with Gasteiger partial charge in [0.1, 0.15) is 34.5 Å². The molecule has 0 bridgehead atoms. The molecule has 0 aliphatic heterocycles. The molecule has 0 aliphatic carbocycles.